The molecule has 2 aliphatic rings. The zero-order valence-electron chi connectivity index (χ0n) is 18.5. The second-order valence-corrected chi connectivity index (χ2v) is 10.1. The van der Waals surface area contributed by atoms with Gasteiger partial charge in [-0.1, -0.05) is 5.16 Å². The highest BCUT2D eigenvalue weighted by atomic mass is 35.5. The molecule has 3 heterocycles. The van der Waals surface area contributed by atoms with E-state index in [0.717, 1.165) is 5.56 Å². The summed E-state index contributed by atoms with van der Waals surface area (Å²) in [6.07, 6.45) is -4.26. The molecule has 1 aliphatic heterocycles. The third-order valence-electron chi connectivity index (χ3n) is 6.89. The molecular formula is C22H24Cl2F3N3O4. The summed E-state index contributed by atoms with van der Waals surface area (Å²) in [7, 11) is 0. The number of alkyl halides is 5. The molecule has 34 heavy (non-hydrogen) atoms. The maximum Gasteiger partial charge on any atom is 0.452 e. The summed E-state index contributed by atoms with van der Waals surface area (Å²) < 4.78 is 45.3. The van der Waals surface area contributed by atoms with Crippen LogP contribution in [0.15, 0.2) is 15.4 Å². The summed E-state index contributed by atoms with van der Waals surface area (Å²) in [5, 5.41) is 11.3. The number of aliphatic hydroxyl groups is 1. The van der Waals surface area contributed by atoms with Crippen LogP contribution < -0.4 is 5.56 Å². The van der Waals surface area contributed by atoms with Gasteiger partial charge in [0.15, 0.2) is 0 Å². The summed E-state index contributed by atoms with van der Waals surface area (Å²) in [5.41, 5.74) is 0.966. The SMILES string of the molecule is Cc1cc(C)c(CN2CCC3C(Cl)CC(c4c(CO)noc4C(F)(F)F)C(Cl)C3C2=O)c(=O)[nH]1. The summed E-state index contributed by atoms with van der Waals surface area (Å²) in [4.78, 5) is 30.2. The maximum atomic E-state index is 13.6. The fourth-order valence-electron chi connectivity index (χ4n) is 5.30. The van der Waals surface area contributed by atoms with Crippen molar-refractivity contribution < 1.29 is 27.6 Å². The number of aryl methyl sites for hydroxylation is 2. The number of H-pyrrole nitrogens is 1. The summed E-state index contributed by atoms with van der Waals surface area (Å²) in [6, 6.07) is 1.81. The van der Waals surface area contributed by atoms with Crippen LogP contribution in [0.3, 0.4) is 0 Å². The van der Waals surface area contributed by atoms with Gasteiger partial charge >= 0.3 is 6.18 Å². The van der Waals surface area contributed by atoms with Crippen molar-refractivity contribution in [3.63, 3.8) is 0 Å². The minimum atomic E-state index is -4.85. The van der Waals surface area contributed by atoms with Crippen LogP contribution in [0.25, 0.3) is 0 Å². The van der Waals surface area contributed by atoms with Crippen LogP contribution in [0.5, 0.6) is 0 Å². The number of amides is 1. The predicted molar refractivity (Wildman–Crippen MR) is 118 cm³/mol. The van der Waals surface area contributed by atoms with Gasteiger partial charge in [-0.15, -0.1) is 23.2 Å². The molecule has 2 fully saturated rings. The molecular weight excluding hydrogens is 498 g/mol. The highest BCUT2D eigenvalue weighted by Gasteiger charge is 2.53. The minimum Gasteiger partial charge on any atom is -0.390 e. The number of hydrogen-bond acceptors (Lipinski definition) is 5. The highest BCUT2D eigenvalue weighted by Crippen LogP contribution is 2.51. The summed E-state index contributed by atoms with van der Waals surface area (Å²) >= 11 is 13.3. The summed E-state index contributed by atoms with van der Waals surface area (Å²) in [5.74, 6) is -3.88. The van der Waals surface area contributed by atoms with E-state index in [4.69, 9.17) is 23.2 Å². The molecule has 1 saturated heterocycles. The standard InChI is InChI=1S/C22H24Cl2F3N3O4/c1-9-5-10(2)28-20(32)13(9)7-30-4-3-11-14(23)6-12(18(24)17(11)21(30)33)16-15(8-31)29-34-19(16)22(25,26)27/h5,11-12,14,17-18,31H,3-4,6-8H2,1-2H3,(H,28,32). The van der Waals surface area contributed by atoms with Gasteiger partial charge in [0.25, 0.3) is 5.56 Å². The molecule has 0 bridgehead atoms. The molecule has 2 aromatic rings. The Morgan fingerprint density at radius 3 is 2.62 bits per heavy atom. The number of carbonyl (C=O) groups excluding carboxylic acids is 1. The zero-order valence-corrected chi connectivity index (χ0v) is 20.0. The average Bonchev–Trinajstić information content (AvgIpc) is 3.18. The Morgan fingerprint density at radius 1 is 1.29 bits per heavy atom. The average molecular weight is 522 g/mol. The van der Waals surface area contributed by atoms with Crippen molar-refractivity contribution >= 4 is 29.1 Å². The van der Waals surface area contributed by atoms with Crippen molar-refractivity contribution in [3.8, 4) is 0 Å². The normalized spacial score (nSPS) is 27.7. The number of likely N-dealkylation sites (tertiary alicyclic amines) is 1. The second kappa shape index (κ2) is 9.20. The number of halogens is 5. The van der Waals surface area contributed by atoms with Crippen LogP contribution >= 0.6 is 23.2 Å². The lowest BCUT2D eigenvalue weighted by Gasteiger charge is -2.47. The molecule has 0 radical (unpaired) electrons. The zero-order chi connectivity index (χ0) is 24.9. The topological polar surface area (TPSA) is 99.4 Å². The Kier molecular flexibility index (Phi) is 6.78. The molecule has 0 aromatic carbocycles. The summed E-state index contributed by atoms with van der Waals surface area (Å²) in [6.45, 7) is 3.19. The van der Waals surface area contributed by atoms with Gasteiger partial charge in [-0.2, -0.15) is 13.2 Å². The number of nitrogens with zero attached hydrogens (tertiary/aromatic N) is 2. The van der Waals surface area contributed by atoms with Gasteiger partial charge < -0.3 is 19.5 Å². The van der Waals surface area contributed by atoms with E-state index in [1.54, 1.807) is 13.8 Å². The van der Waals surface area contributed by atoms with Crippen LogP contribution in [0, 0.1) is 25.7 Å². The van der Waals surface area contributed by atoms with Crippen molar-refractivity contribution in [2.75, 3.05) is 6.54 Å². The molecule has 186 valence electrons. The van der Waals surface area contributed by atoms with E-state index >= 15 is 0 Å². The van der Waals surface area contributed by atoms with Crippen LogP contribution in [0.4, 0.5) is 13.2 Å². The largest absolute Gasteiger partial charge is 0.452 e. The minimum absolute atomic E-state index is 0.0632. The van der Waals surface area contributed by atoms with E-state index in [9.17, 15) is 27.9 Å². The smallest absolute Gasteiger partial charge is 0.390 e. The molecule has 2 N–H and O–H groups in total. The number of hydrogen-bond donors (Lipinski definition) is 2. The van der Waals surface area contributed by atoms with Crippen LogP contribution in [0.1, 0.15) is 52.6 Å². The van der Waals surface area contributed by atoms with E-state index in [-0.39, 0.29) is 41.6 Å². The third kappa shape index (κ3) is 4.35. The van der Waals surface area contributed by atoms with E-state index < -0.39 is 41.1 Å². The van der Waals surface area contributed by atoms with Gasteiger partial charge in [0.1, 0.15) is 5.69 Å². The molecule has 1 amide bonds. The van der Waals surface area contributed by atoms with E-state index in [2.05, 4.69) is 14.7 Å². The van der Waals surface area contributed by atoms with Crippen molar-refractivity contribution in [2.24, 2.45) is 11.8 Å². The lowest BCUT2D eigenvalue weighted by molar-refractivity contribution is -0.156. The van der Waals surface area contributed by atoms with Gasteiger partial charge in [-0.25, -0.2) is 0 Å². The van der Waals surface area contributed by atoms with Gasteiger partial charge in [0.2, 0.25) is 11.7 Å². The second-order valence-electron chi connectivity index (χ2n) is 9.01. The monoisotopic (exact) mass is 521 g/mol. The van der Waals surface area contributed by atoms with Gasteiger partial charge in [0, 0.05) is 34.7 Å². The third-order valence-corrected chi connectivity index (χ3v) is 7.96. The van der Waals surface area contributed by atoms with Gasteiger partial charge in [-0.3, -0.25) is 9.59 Å². The number of aliphatic hydroxyl groups excluding tert-OH is 1. The number of aromatic nitrogens is 2. The number of aromatic amines is 1. The molecule has 2 aromatic heterocycles. The van der Waals surface area contributed by atoms with Crippen LogP contribution in [0.2, 0.25) is 0 Å². The Balaban J connectivity index is 1.67. The Hall–Kier alpha value is -2.04. The van der Waals surface area contributed by atoms with Crippen molar-refractivity contribution in [1.29, 1.82) is 0 Å². The van der Waals surface area contributed by atoms with E-state index in [1.165, 1.54) is 4.90 Å². The Bertz CT molecular complexity index is 1150. The first kappa shape index (κ1) is 25.1. The molecule has 7 nitrogen and oxygen atoms in total. The number of nitrogens with one attached hydrogen (secondary N) is 1. The van der Waals surface area contributed by atoms with E-state index in [1.807, 2.05) is 6.07 Å². The molecule has 12 heteroatoms. The number of carbonyl (C=O) groups is 1. The lowest BCUT2D eigenvalue weighted by Crippen LogP contribution is -2.55. The van der Waals surface area contributed by atoms with E-state index in [0.29, 0.717) is 24.2 Å². The van der Waals surface area contributed by atoms with Crippen LogP contribution in [-0.2, 0) is 24.1 Å². The fourth-order valence-corrected chi connectivity index (χ4v) is 6.30. The molecule has 1 aliphatic carbocycles. The molecule has 5 atom stereocenters. The fraction of sp³-hybridized carbons (Fsp3) is 0.591. The lowest BCUT2D eigenvalue weighted by atomic mass is 9.67. The van der Waals surface area contributed by atoms with Gasteiger partial charge in [0.05, 0.1) is 24.4 Å². The van der Waals surface area contributed by atoms with Crippen molar-refractivity contribution in [3.05, 3.63) is 50.3 Å². The number of pyridine rings is 1. The predicted octanol–water partition coefficient (Wildman–Crippen LogP) is 3.86. The number of fused-ring (bicyclic) bond motifs is 1. The van der Waals surface area contributed by atoms with Crippen molar-refractivity contribution in [1.82, 2.24) is 15.0 Å². The molecule has 0 spiro atoms. The Labute approximate surface area is 203 Å². The van der Waals surface area contributed by atoms with Crippen molar-refractivity contribution in [2.45, 2.75) is 62.7 Å². The molecule has 5 unspecified atom stereocenters. The first-order valence-electron chi connectivity index (χ1n) is 10.9. The maximum absolute atomic E-state index is 13.6. The Morgan fingerprint density at radius 2 is 2.00 bits per heavy atom. The molecule has 1 saturated carbocycles. The number of piperidine rings is 1. The molecule has 4 rings (SSSR count). The quantitative estimate of drug-likeness (QED) is 0.595. The first-order chi connectivity index (χ1) is 15.9. The number of rotatable bonds is 4. The van der Waals surface area contributed by atoms with Gasteiger partial charge in [-0.05, 0) is 44.2 Å². The first-order valence-corrected chi connectivity index (χ1v) is 11.7. The highest BCUT2D eigenvalue weighted by molar-refractivity contribution is 6.24. The van der Waals surface area contributed by atoms with Crippen LogP contribution in [-0.4, -0.2) is 43.4 Å².